The lowest BCUT2D eigenvalue weighted by Crippen LogP contribution is -2.29. The summed E-state index contributed by atoms with van der Waals surface area (Å²) in [5, 5.41) is 20.5. The van der Waals surface area contributed by atoms with Crippen LogP contribution in [0.3, 0.4) is 0 Å². The van der Waals surface area contributed by atoms with Crippen LogP contribution in [0.15, 0.2) is 46.8 Å². The maximum absolute atomic E-state index is 12.7. The van der Waals surface area contributed by atoms with Crippen LogP contribution in [0.2, 0.25) is 0 Å². The van der Waals surface area contributed by atoms with E-state index in [1.807, 2.05) is 6.92 Å². The number of amides is 1. The molecule has 1 aromatic heterocycles. The number of hydrogen-bond acceptors (Lipinski definition) is 8. The first kappa shape index (κ1) is 18.0. The molecule has 0 spiro atoms. The number of hydrogen-bond donors (Lipinski definition) is 0. The topological polar surface area (TPSA) is 98.6 Å². The molecule has 1 amide bonds. The van der Waals surface area contributed by atoms with Crippen LogP contribution in [0.4, 0.5) is 5.13 Å². The fourth-order valence-electron chi connectivity index (χ4n) is 2.16. The fraction of sp³-hybridized carbons (Fsp3) is 0.118. The first-order valence-electron chi connectivity index (χ1n) is 7.50. The summed E-state index contributed by atoms with van der Waals surface area (Å²) in [6.45, 7) is 5.83. The number of nitrogens with zero attached hydrogens (tertiary/aromatic N) is 4. The Morgan fingerprint density at radius 1 is 1.35 bits per heavy atom. The summed E-state index contributed by atoms with van der Waals surface area (Å²) in [6, 6.07) is 6.11. The SMILES string of the molecule is C=CCN1C(=O)C(=Cc2ccc(C(=O)[O-])cc2)SC1=Nc1nnc(C)s1. The monoisotopic (exact) mass is 385 g/mol. The van der Waals surface area contributed by atoms with Crippen LogP contribution in [0.25, 0.3) is 6.08 Å². The minimum Gasteiger partial charge on any atom is -0.545 e. The third-order valence-electron chi connectivity index (χ3n) is 3.35. The number of amidine groups is 1. The highest BCUT2D eigenvalue weighted by Crippen LogP contribution is 2.34. The molecule has 0 radical (unpaired) electrons. The molecule has 9 heteroatoms. The molecule has 1 saturated heterocycles. The number of aromatic carboxylic acids is 1. The van der Waals surface area contributed by atoms with Crippen molar-refractivity contribution in [2.75, 3.05) is 6.54 Å². The summed E-state index contributed by atoms with van der Waals surface area (Å²) in [5.41, 5.74) is 0.789. The van der Waals surface area contributed by atoms with Gasteiger partial charge in [0.1, 0.15) is 5.01 Å². The van der Waals surface area contributed by atoms with Crippen LogP contribution in [0, 0.1) is 6.92 Å². The van der Waals surface area contributed by atoms with E-state index in [-0.39, 0.29) is 11.5 Å². The molecule has 0 N–H and O–H groups in total. The summed E-state index contributed by atoms with van der Waals surface area (Å²) in [4.78, 5) is 29.9. The van der Waals surface area contributed by atoms with Crippen molar-refractivity contribution in [3.05, 3.63) is 58.0 Å². The lowest BCUT2D eigenvalue weighted by Gasteiger charge is -2.11. The molecule has 0 saturated carbocycles. The van der Waals surface area contributed by atoms with Gasteiger partial charge in [-0.2, -0.15) is 4.99 Å². The first-order valence-corrected chi connectivity index (χ1v) is 9.13. The Bertz CT molecular complexity index is 932. The number of rotatable bonds is 5. The second-order valence-corrected chi connectivity index (χ2v) is 7.39. The van der Waals surface area contributed by atoms with Gasteiger partial charge in [0.2, 0.25) is 5.13 Å². The number of carbonyl (C=O) groups is 2. The number of benzene rings is 1. The van der Waals surface area contributed by atoms with Crippen molar-refractivity contribution >= 4 is 51.4 Å². The smallest absolute Gasteiger partial charge is 0.267 e. The quantitative estimate of drug-likeness (QED) is 0.577. The van der Waals surface area contributed by atoms with E-state index in [0.717, 1.165) is 5.01 Å². The summed E-state index contributed by atoms with van der Waals surface area (Å²) in [7, 11) is 0. The Kier molecular flexibility index (Phi) is 5.29. The van der Waals surface area contributed by atoms with E-state index < -0.39 is 5.97 Å². The highest BCUT2D eigenvalue weighted by atomic mass is 32.2. The Morgan fingerprint density at radius 3 is 2.65 bits per heavy atom. The molecule has 2 aromatic rings. The lowest BCUT2D eigenvalue weighted by atomic mass is 10.1. The Morgan fingerprint density at radius 2 is 2.08 bits per heavy atom. The van der Waals surface area contributed by atoms with Crippen LogP contribution in [0.5, 0.6) is 0 Å². The Labute approximate surface area is 157 Å². The van der Waals surface area contributed by atoms with Crippen LogP contribution in [0.1, 0.15) is 20.9 Å². The molecular weight excluding hydrogens is 372 g/mol. The van der Waals surface area contributed by atoms with Crippen molar-refractivity contribution < 1.29 is 14.7 Å². The molecule has 26 heavy (non-hydrogen) atoms. The second-order valence-electron chi connectivity index (χ2n) is 5.22. The van der Waals surface area contributed by atoms with E-state index in [9.17, 15) is 14.7 Å². The van der Waals surface area contributed by atoms with Gasteiger partial charge in [-0.1, -0.05) is 41.7 Å². The Hall–Kier alpha value is -2.78. The summed E-state index contributed by atoms with van der Waals surface area (Å²) < 4.78 is 0. The summed E-state index contributed by atoms with van der Waals surface area (Å²) >= 11 is 2.56. The number of aliphatic imine (C=N–C) groups is 1. The van der Waals surface area contributed by atoms with E-state index in [1.54, 1.807) is 24.3 Å². The van der Waals surface area contributed by atoms with Gasteiger partial charge in [0.05, 0.1) is 10.9 Å². The first-order chi connectivity index (χ1) is 12.5. The number of carboxylic acids is 1. The van der Waals surface area contributed by atoms with Gasteiger partial charge in [-0.25, -0.2) is 0 Å². The zero-order chi connectivity index (χ0) is 18.7. The highest BCUT2D eigenvalue weighted by molar-refractivity contribution is 8.18. The average molecular weight is 385 g/mol. The molecule has 1 aromatic carbocycles. The number of aryl methyl sites for hydroxylation is 1. The molecule has 7 nitrogen and oxygen atoms in total. The predicted octanol–water partition coefficient (Wildman–Crippen LogP) is 2.00. The second kappa shape index (κ2) is 7.63. The van der Waals surface area contributed by atoms with Gasteiger partial charge in [-0.05, 0) is 35.9 Å². The van der Waals surface area contributed by atoms with E-state index in [1.165, 1.54) is 40.1 Å². The summed E-state index contributed by atoms with van der Waals surface area (Å²) in [5.74, 6) is -1.44. The molecule has 2 heterocycles. The average Bonchev–Trinajstić information content (AvgIpc) is 3.14. The van der Waals surface area contributed by atoms with Crippen molar-refractivity contribution in [3.63, 3.8) is 0 Å². The van der Waals surface area contributed by atoms with E-state index >= 15 is 0 Å². The van der Waals surface area contributed by atoms with Crippen LogP contribution < -0.4 is 5.11 Å². The number of carbonyl (C=O) groups excluding carboxylic acids is 2. The predicted molar refractivity (Wildman–Crippen MR) is 100.0 cm³/mol. The van der Waals surface area contributed by atoms with Crippen molar-refractivity contribution in [2.24, 2.45) is 4.99 Å². The number of thioether (sulfide) groups is 1. The molecule has 1 aliphatic heterocycles. The third kappa shape index (κ3) is 3.89. The lowest BCUT2D eigenvalue weighted by molar-refractivity contribution is -0.255. The normalized spacial score (nSPS) is 17.3. The maximum Gasteiger partial charge on any atom is 0.267 e. The molecule has 0 atom stereocenters. The van der Waals surface area contributed by atoms with Crippen molar-refractivity contribution in [1.29, 1.82) is 0 Å². The third-order valence-corrected chi connectivity index (χ3v) is 5.09. The van der Waals surface area contributed by atoms with Gasteiger partial charge in [0.25, 0.3) is 5.91 Å². The molecular formula is C17H13N4O3S2-. The van der Waals surface area contributed by atoms with E-state index in [4.69, 9.17) is 0 Å². The maximum atomic E-state index is 12.7. The van der Waals surface area contributed by atoms with Crippen LogP contribution >= 0.6 is 23.1 Å². The van der Waals surface area contributed by atoms with Gasteiger partial charge in [-0.15, -0.1) is 16.8 Å². The van der Waals surface area contributed by atoms with Crippen molar-refractivity contribution in [2.45, 2.75) is 6.92 Å². The molecule has 0 bridgehead atoms. The number of aromatic nitrogens is 2. The Balaban J connectivity index is 1.90. The molecule has 0 unspecified atom stereocenters. The minimum atomic E-state index is -1.24. The zero-order valence-electron chi connectivity index (χ0n) is 13.7. The van der Waals surface area contributed by atoms with E-state index in [0.29, 0.717) is 27.3 Å². The molecule has 0 aliphatic carbocycles. The molecule has 1 aliphatic rings. The van der Waals surface area contributed by atoms with Gasteiger partial charge in [0, 0.05) is 6.54 Å². The van der Waals surface area contributed by atoms with Gasteiger partial charge < -0.3 is 9.90 Å². The highest BCUT2D eigenvalue weighted by Gasteiger charge is 2.32. The minimum absolute atomic E-state index is 0.0831. The van der Waals surface area contributed by atoms with Gasteiger partial charge >= 0.3 is 0 Å². The van der Waals surface area contributed by atoms with Crippen molar-refractivity contribution in [1.82, 2.24) is 15.1 Å². The van der Waals surface area contributed by atoms with Gasteiger partial charge in [0.15, 0.2) is 5.17 Å². The number of carboxylic acid groups (broad SMARTS) is 1. The molecule has 132 valence electrons. The summed E-state index contributed by atoms with van der Waals surface area (Å²) in [6.07, 6.45) is 3.31. The largest absolute Gasteiger partial charge is 0.545 e. The zero-order valence-corrected chi connectivity index (χ0v) is 15.3. The van der Waals surface area contributed by atoms with Crippen LogP contribution in [-0.4, -0.2) is 38.7 Å². The molecule has 3 rings (SSSR count). The van der Waals surface area contributed by atoms with Crippen molar-refractivity contribution in [3.8, 4) is 0 Å². The molecule has 1 fully saturated rings. The standard InChI is InChI=1S/C17H14N4O3S2/c1-3-8-21-14(22)13(9-11-4-6-12(7-5-11)15(23)24)26-17(21)18-16-20-19-10(2)25-16/h3-7,9H,1,8H2,2H3,(H,23,24)/p-1. The van der Waals surface area contributed by atoms with E-state index in [2.05, 4.69) is 21.8 Å². The fourth-order valence-corrected chi connectivity index (χ4v) is 3.77. The van der Waals surface area contributed by atoms with Gasteiger partial charge in [-0.3, -0.25) is 9.69 Å². The van der Waals surface area contributed by atoms with Crippen LogP contribution in [-0.2, 0) is 4.79 Å².